The second-order valence-electron chi connectivity index (χ2n) is 6.33. The van der Waals surface area contributed by atoms with Crippen molar-refractivity contribution < 1.29 is 13.8 Å². The number of Topliss-reactive ketones (excluding diaryl/α,β-unsaturated/α-hetero) is 1. The summed E-state index contributed by atoms with van der Waals surface area (Å²) in [7, 11) is 0. The Kier molecular flexibility index (Phi) is 7.80. The van der Waals surface area contributed by atoms with Crippen LogP contribution in [0.25, 0.3) is 0 Å². The second kappa shape index (κ2) is 10.1. The molecule has 3 nitrogen and oxygen atoms in total. The molecule has 5 heteroatoms. The number of carbonyl (C=O) groups is 1. The van der Waals surface area contributed by atoms with Crippen LogP contribution in [0, 0.1) is 5.82 Å². The van der Waals surface area contributed by atoms with Crippen LogP contribution in [0.3, 0.4) is 0 Å². The Morgan fingerprint density at radius 1 is 1.19 bits per heavy atom. The molecular formula is C22H25FN2OS. The molecular weight excluding hydrogens is 359 g/mol. The zero-order valence-corrected chi connectivity index (χ0v) is 16.6. The number of halogens is 1. The van der Waals surface area contributed by atoms with E-state index >= 15 is 0 Å². The Balaban J connectivity index is 2.41. The molecule has 0 bridgehead atoms. The van der Waals surface area contributed by atoms with Crippen LogP contribution in [-0.2, 0) is 12.6 Å². The van der Waals surface area contributed by atoms with Gasteiger partial charge in [-0.2, -0.15) is 4.57 Å². The molecule has 142 valence electrons. The maximum atomic E-state index is 13.2. The molecule has 0 unspecified atom stereocenters. The maximum Gasteiger partial charge on any atom is 0.237 e. The van der Waals surface area contributed by atoms with E-state index in [1.807, 2.05) is 24.5 Å². The van der Waals surface area contributed by atoms with Crippen molar-refractivity contribution in [1.29, 1.82) is 0 Å². The summed E-state index contributed by atoms with van der Waals surface area (Å²) in [6.45, 7) is 8.32. The molecule has 27 heavy (non-hydrogen) atoms. The molecule has 1 aromatic carbocycles. The Labute approximate surface area is 166 Å². The third kappa shape index (κ3) is 5.30. The molecule has 0 radical (unpaired) electrons. The SMILES string of the molecule is C=CCN=C([S-])[C@@H](C(=O)c1ccc(F)cc1)[n+]1ccc(C(CC)CC)cc1. The van der Waals surface area contributed by atoms with Crippen LogP contribution in [0.4, 0.5) is 4.39 Å². The van der Waals surface area contributed by atoms with Crippen molar-refractivity contribution in [1.82, 2.24) is 0 Å². The average Bonchev–Trinajstić information content (AvgIpc) is 2.69. The highest BCUT2D eigenvalue weighted by Gasteiger charge is 2.28. The Hall–Kier alpha value is -2.40. The predicted octanol–water partition coefficient (Wildman–Crippen LogP) is 4.57. The first-order valence-electron chi connectivity index (χ1n) is 9.14. The maximum absolute atomic E-state index is 13.2. The van der Waals surface area contributed by atoms with Crippen molar-refractivity contribution in [2.24, 2.45) is 4.99 Å². The van der Waals surface area contributed by atoms with E-state index in [0.29, 0.717) is 18.0 Å². The summed E-state index contributed by atoms with van der Waals surface area (Å²) in [5.74, 6) is -0.111. The Morgan fingerprint density at radius 3 is 2.30 bits per heavy atom. The average molecular weight is 385 g/mol. The smallest absolute Gasteiger partial charge is 0.237 e. The number of ketones is 1. The summed E-state index contributed by atoms with van der Waals surface area (Å²) in [5.41, 5.74) is 1.63. The fraction of sp³-hybridized carbons (Fsp3) is 0.318. The largest absolute Gasteiger partial charge is 0.758 e. The minimum atomic E-state index is -0.749. The highest BCUT2D eigenvalue weighted by molar-refractivity contribution is 7.77. The molecule has 0 spiro atoms. The normalized spacial score (nSPS) is 12.8. The van der Waals surface area contributed by atoms with Crippen molar-refractivity contribution in [3.8, 4) is 0 Å². The van der Waals surface area contributed by atoms with Gasteiger partial charge in [-0.15, -0.1) is 6.58 Å². The zero-order valence-electron chi connectivity index (χ0n) is 15.8. The van der Waals surface area contributed by atoms with Crippen molar-refractivity contribution in [2.75, 3.05) is 6.54 Å². The standard InChI is InChI=1S/C22H25FN2OS/c1-4-13-24-22(27)20(21(26)18-7-9-19(23)10-8-18)25-14-11-17(12-15-25)16(5-2)6-3/h4,7-12,14-16,20H,1,5-6,13H2,2-3H3/t20-/m1/s1. The molecule has 1 aromatic heterocycles. The van der Waals surface area contributed by atoms with Gasteiger partial charge in [0.15, 0.2) is 12.4 Å². The second-order valence-corrected chi connectivity index (χ2v) is 6.75. The van der Waals surface area contributed by atoms with E-state index in [-0.39, 0.29) is 16.6 Å². The summed E-state index contributed by atoms with van der Waals surface area (Å²) in [6, 6.07) is 8.79. The van der Waals surface area contributed by atoms with E-state index in [0.717, 1.165) is 12.8 Å². The molecule has 0 fully saturated rings. The van der Waals surface area contributed by atoms with Gasteiger partial charge in [0.25, 0.3) is 0 Å². The molecule has 0 saturated heterocycles. The molecule has 2 rings (SSSR count). The van der Waals surface area contributed by atoms with Gasteiger partial charge in [-0.3, -0.25) is 4.79 Å². The van der Waals surface area contributed by atoms with E-state index in [9.17, 15) is 9.18 Å². The van der Waals surface area contributed by atoms with Gasteiger partial charge < -0.3 is 17.6 Å². The lowest BCUT2D eigenvalue weighted by Gasteiger charge is -2.19. The van der Waals surface area contributed by atoms with Crippen LogP contribution in [0.1, 0.15) is 54.6 Å². The van der Waals surface area contributed by atoms with E-state index in [2.05, 4.69) is 25.4 Å². The van der Waals surface area contributed by atoms with E-state index in [1.54, 1.807) is 10.6 Å². The van der Waals surface area contributed by atoms with E-state index in [1.165, 1.54) is 29.8 Å². The molecule has 2 aromatic rings. The molecule has 0 amide bonds. The summed E-state index contributed by atoms with van der Waals surface area (Å²) >= 11 is 5.42. The monoisotopic (exact) mass is 384 g/mol. The van der Waals surface area contributed by atoms with Crippen LogP contribution in [0.15, 0.2) is 66.4 Å². The number of nitrogens with zero attached hydrogens (tertiary/aromatic N) is 2. The number of hydrogen-bond donors (Lipinski definition) is 0. The highest BCUT2D eigenvalue weighted by atomic mass is 32.1. The van der Waals surface area contributed by atoms with Crippen LogP contribution in [-0.4, -0.2) is 17.4 Å². The topological polar surface area (TPSA) is 33.3 Å². The molecule has 0 saturated carbocycles. The number of aliphatic imine (C=N–C) groups is 1. The third-order valence-electron chi connectivity index (χ3n) is 4.62. The lowest BCUT2D eigenvalue weighted by atomic mass is 9.95. The van der Waals surface area contributed by atoms with Gasteiger partial charge in [-0.25, -0.2) is 4.39 Å². The van der Waals surface area contributed by atoms with Gasteiger partial charge >= 0.3 is 0 Å². The summed E-state index contributed by atoms with van der Waals surface area (Å²) in [6.07, 6.45) is 7.49. The number of pyridine rings is 1. The number of carbonyl (C=O) groups excluding carboxylic acids is 1. The summed E-state index contributed by atoms with van der Waals surface area (Å²) in [5, 5.41) is 0.282. The fourth-order valence-electron chi connectivity index (χ4n) is 3.04. The molecule has 0 aliphatic rings. The Bertz CT molecular complexity index is 796. The fourth-order valence-corrected chi connectivity index (χ4v) is 3.35. The lowest BCUT2D eigenvalue weighted by molar-refractivity contribution is -0.692. The molecule has 1 heterocycles. The third-order valence-corrected chi connectivity index (χ3v) is 4.97. The number of aromatic nitrogens is 1. The highest BCUT2D eigenvalue weighted by Crippen LogP contribution is 2.22. The first kappa shape index (κ1) is 20.9. The van der Waals surface area contributed by atoms with Gasteiger partial charge in [0, 0.05) is 17.7 Å². The van der Waals surface area contributed by atoms with Crippen LogP contribution < -0.4 is 4.57 Å². The molecule has 1 atom stereocenters. The van der Waals surface area contributed by atoms with Gasteiger partial charge in [0.1, 0.15) is 5.82 Å². The minimum absolute atomic E-state index is 0.215. The van der Waals surface area contributed by atoms with Gasteiger partial charge in [-0.1, -0.05) is 19.9 Å². The van der Waals surface area contributed by atoms with Gasteiger partial charge in [-0.05, 0) is 53.6 Å². The molecule has 0 N–H and O–H groups in total. The van der Waals surface area contributed by atoms with E-state index < -0.39 is 6.04 Å². The molecule has 0 aliphatic heterocycles. The van der Waals surface area contributed by atoms with Gasteiger partial charge in [0.2, 0.25) is 11.8 Å². The van der Waals surface area contributed by atoms with Crippen molar-refractivity contribution >= 4 is 23.5 Å². The first-order valence-corrected chi connectivity index (χ1v) is 9.55. The number of rotatable bonds is 9. The first-order chi connectivity index (χ1) is 13.0. The summed E-state index contributed by atoms with van der Waals surface area (Å²) in [4.78, 5) is 17.3. The number of hydrogen-bond acceptors (Lipinski definition) is 3. The lowest BCUT2D eigenvalue weighted by Crippen LogP contribution is -2.47. The number of benzene rings is 1. The van der Waals surface area contributed by atoms with Crippen molar-refractivity contribution in [3.05, 3.63) is 78.4 Å². The van der Waals surface area contributed by atoms with Crippen molar-refractivity contribution in [3.63, 3.8) is 0 Å². The van der Waals surface area contributed by atoms with Crippen LogP contribution >= 0.6 is 0 Å². The predicted molar refractivity (Wildman–Crippen MR) is 110 cm³/mol. The van der Waals surface area contributed by atoms with Gasteiger partial charge in [0.05, 0.1) is 6.54 Å². The minimum Gasteiger partial charge on any atom is -0.758 e. The van der Waals surface area contributed by atoms with Crippen molar-refractivity contribution in [2.45, 2.75) is 38.6 Å². The quantitative estimate of drug-likeness (QED) is 0.158. The summed E-state index contributed by atoms with van der Waals surface area (Å²) < 4.78 is 15.0. The zero-order chi connectivity index (χ0) is 19.8. The molecule has 0 aliphatic carbocycles. The van der Waals surface area contributed by atoms with Crippen LogP contribution in [0.5, 0.6) is 0 Å². The Morgan fingerprint density at radius 2 is 1.78 bits per heavy atom. The van der Waals surface area contributed by atoms with Crippen LogP contribution in [0.2, 0.25) is 0 Å². The van der Waals surface area contributed by atoms with E-state index in [4.69, 9.17) is 12.6 Å².